The number of halogens is 1. The summed E-state index contributed by atoms with van der Waals surface area (Å²) in [6.45, 7) is 1.79. The highest BCUT2D eigenvalue weighted by Gasteiger charge is 2.49. The number of carbonyl (C=O) groups excluding carboxylic acids is 2. The van der Waals surface area contributed by atoms with E-state index in [9.17, 15) is 9.59 Å². The third-order valence-corrected chi connectivity index (χ3v) is 6.66. The van der Waals surface area contributed by atoms with E-state index in [0.717, 1.165) is 29.3 Å². The monoisotopic (exact) mass is 423 g/mol. The van der Waals surface area contributed by atoms with Gasteiger partial charge in [0.05, 0.1) is 19.6 Å². The zero-order chi connectivity index (χ0) is 18.8. The van der Waals surface area contributed by atoms with Gasteiger partial charge >= 0.3 is 11.9 Å². The van der Waals surface area contributed by atoms with E-state index >= 15 is 0 Å². The van der Waals surface area contributed by atoms with E-state index in [0.29, 0.717) is 19.1 Å². The summed E-state index contributed by atoms with van der Waals surface area (Å²) in [5.74, 6) is -0.319. The van der Waals surface area contributed by atoms with Gasteiger partial charge in [-0.1, -0.05) is 28.1 Å². The molecule has 2 aliphatic heterocycles. The maximum absolute atomic E-state index is 12.5. The molecule has 0 N–H and O–H groups in total. The molecule has 1 aromatic carbocycles. The minimum Gasteiger partial charge on any atom is -0.469 e. The maximum atomic E-state index is 12.5. The van der Waals surface area contributed by atoms with Crippen molar-refractivity contribution in [1.29, 1.82) is 0 Å². The standard InChI is InChI=1S/C20H26BrNO4/c1-12(23)26-9-8-13-4-5-14(10-17(13)21)16-11-15-6-7-18(22(15)2)19(16)20(24)25-3/h4-5,10,15-16,18-19H,6-9,11H2,1-3H3. The van der Waals surface area contributed by atoms with Gasteiger partial charge in [0.25, 0.3) is 0 Å². The Labute approximate surface area is 163 Å². The van der Waals surface area contributed by atoms with Crippen molar-refractivity contribution in [3.63, 3.8) is 0 Å². The van der Waals surface area contributed by atoms with Gasteiger partial charge in [-0.3, -0.25) is 14.5 Å². The number of benzene rings is 1. The summed E-state index contributed by atoms with van der Waals surface area (Å²) in [5, 5.41) is 0. The summed E-state index contributed by atoms with van der Waals surface area (Å²) in [6.07, 6.45) is 3.84. The van der Waals surface area contributed by atoms with Crippen molar-refractivity contribution < 1.29 is 19.1 Å². The van der Waals surface area contributed by atoms with Crippen molar-refractivity contribution in [2.75, 3.05) is 20.8 Å². The van der Waals surface area contributed by atoms with Gasteiger partial charge in [-0.25, -0.2) is 0 Å². The van der Waals surface area contributed by atoms with Crippen LogP contribution in [0.2, 0.25) is 0 Å². The molecule has 0 aliphatic carbocycles. The molecule has 0 aromatic heterocycles. The highest BCUT2D eigenvalue weighted by atomic mass is 79.9. The second kappa shape index (κ2) is 8.09. The van der Waals surface area contributed by atoms with Crippen LogP contribution in [0.1, 0.15) is 43.2 Å². The second-order valence-electron chi connectivity index (χ2n) is 7.30. The predicted octanol–water partition coefficient (Wildman–Crippen LogP) is 3.29. The van der Waals surface area contributed by atoms with Crippen molar-refractivity contribution >= 4 is 27.9 Å². The highest BCUT2D eigenvalue weighted by Crippen LogP contribution is 2.47. The van der Waals surface area contributed by atoms with Crippen LogP contribution in [0.4, 0.5) is 0 Å². The average molecular weight is 424 g/mol. The van der Waals surface area contributed by atoms with Crippen molar-refractivity contribution in [3.05, 3.63) is 33.8 Å². The molecule has 6 heteroatoms. The van der Waals surface area contributed by atoms with Crippen LogP contribution in [-0.4, -0.2) is 49.7 Å². The summed E-state index contributed by atoms with van der Waals surface area (Å²) in [5.41, 5.74) is 2.27. The van der Waals surface area contributed by atoms with Gasteiger partial charge in [-0.15, -0.1) is 0 Å². The van der Waals surface area contributed by atoms with E-state index in [1.54, 1.807) is 0 Å². The molecule has 26 heavy (non-hydrogen) atoms. The van der Waals surface area contributed by atoms with Gasteiger partial charge in [0.2, 0.25) is 0 Å². The van der Waals surface area contributed by atoms with E-state index in [1.165, 1.54) is 19.6 Å². The minimum atomic E-state index is -0.263. The number of hydrogen-bond acceptors (Lipinski definition) is 5. The average Bonchev–Trinajstić information content (AvgIpc) is 2.84. The Kier molecular flexibility index (Phi) is 6.03. The molecular weight excluding hydrogens is 398 g/mol. The lowest BCUT2D eigenvalue weighted by molar-refractivity contribution is -0.150. The SMILES string of the molecule is COC(=O)C1C(c2ccc(CCOC(C)=O)c(Br)c2)CC2CCC1N2C. The Hall–Kier alpha value is -1.40. The summed E-state index contributed by atoms with van der Waals surface area (Å²) >= 11 is 3.65. The van der Waals surface area contributed by atoms with Crippen molar-refractivity contribution in [2.24, 2.45) is 5.92 Å². The molecule has 2 saturated heterocycles. The molecule has 0 saturated carbocycles. The smallest absolute Gasteiger partial charge is 0.310 e. The number of methoxy groups -OCH3 is 1. The zero-order valence-electron chi connectivity index (χ0n) is 15.5. The lowest BCUT2D eigenvalue weighted by atomic mass is 9.76. The normalized spacial score (nSPS) is 28.0. The Balaban J connectivity index is 1.81. The van der Waals surface area contributed by atoms with Gasteiger partial charge in [-0.05, 0) is 43.5 Å². The lowest BCUT2D eigenvalue weighted by Crippen LogP contribution is -2.49. The molecular formula is C20H26BrNO4. The number of piperidine rings is 1. The Morgan fingerprint density at radius 1 is 1.31 bits per heavy atom. The number of nitrogens with zero attached hydrogens (tertiary/aromatic N) is 1. The van der Waals surface area contributed by atoms with E-state index in [1.807, 2.05) is 0 Å². The van der Waals surface area contributed by atoms with E-state index in [-0.39, 0.29) is 29.8 Å². The molecule has 4 unspecified atom stereocenters. The van der Waals surface area contributed by atoms with Gasteiger partial charge in [0.1, 0.15) is 0 Å². The number of carbonyl (C=O) groups is 2. The first-order valence-electron chi connectivity index (χ1n) is 9.13. The van der Waals surface area contributed by atoms with Crippen LogP contribution in [0.15, 0.2) is 22.7 Å². The fourth-order valence-electron chi connectivity index (χ4n) is 4.57. The summed E-state index contributed by atoms with van der Waals surface area (Å²) in [4.78, 5) is 25.8. The third-order valence-electron chi connectivity index (χ3n) is 5.92. The lowest BCUT2D eigenvalue weighted by Gasteiger charge is -2.41. The number of hydrogen-bond donors (Lipinski definition) is 0. The number of esters is 2. The van der Waals surface area contributed by atoms with E-state index in [2.05, 4.69) is 46.1 Å². The Morgan fingerprint density at radius 2 is 2.08 bits per heavy atom. The van der Waals surface area contributed by atoms with Crippen molar-refractivity contribution in [1.82, 2.24) is 4.90 Å². The molecule has 4 atom stereocenters. The first-order valence-corrected chi connectivity index (χ1v) is 9.93. The van der Waals surface area contributed by atoms with Crippen LogP contribution in [-0.2, 0) is 25.5 Å². The van der Waals surface area contributed by atoms with Crippen LogP contribution < -0.4 is 0 Å². The molecule has 2 fully saturated rings. The molecule has 1 aromatic rings. The molecule has 0 radical (unpaired) electrons. The number of fused-ring (bicyclic) bond motifs is 2. The Morgan fingerprint density at radius 3 is 2.73 bits per heavy atom. The number of rotatable bonds is 5. The van der Waals surface area contributed by atoms with Crippen LogP contribution in [0.5, 0.6) is 0 Å². The highest BCUT2D eigenvalue weighted by molar-refractivity contribution is 9.10. The molecule has 5 nitrogen and oxygen atoms in total. The topological polar surface area (TPSA) is 55.8 Å². The van der Waals surface area contributed by atoms with Gasteiger partial charge in [0, 0.05) is 35.8 Å². The first kappa shape index (κ1) is 19.4. The summed E-state index contributed by atoms with van der Waals surface area (Å²) < 4.78 is 11.2. The first-order chi connectivity index (χ1) is 12.4. The molecule has 2 heterocycles. The molecule has 2 bridgehead atoms. The fourth-order valence-corrected chi connectivity index (χ4v) is 5.16. The largest absolute Gasteiger partial charge is 0.469 e. The van der Waals surface area contributed by atoms with Crippen molar-refractivity contribution in [3.8, 4) is 0 Å². The minimum absolute atomic E-state index is 0.109. The molecule has 0 amide bonds. The van der Waals surface area contributed by atoms with Crippen molar-refractivity contribution in [2.45, 2.75) is 50.6 Å². The van der Waals surface area contributed by atoms with E-state index in [4.69, 9.17) is 9.47 Å². The molecule has 2 aliphatic rings. The Bertz CT molecular complexity index is 692. The maximum Gasteiger partial charge on any atom is 0.310 e. The molecule has 142 valence electrons. The van der Waals surface area contributed by atoms with Crippen LogP contribution in [0.25, 0.3) is 0 Å². The van der Waals surface area contributed by atoms with Gasteiger partial charge in [-0.2, -0.15) is 0 Å². The third kappa shape index (κ3) is 3.81. The van der Waals surface area contributed by atoms with Crippen LogP contribution in [0.3, 0.4) is 0 Å². The van der Waals surface area contributed by atoms with Crippen LogP contribution in [0, 0.1) is 5.92 Å². The van der Waals surface area contributed by atoms with Gasteiger partial charge < -0.3 is 9.47 Å². The van der Waals surface area contributed by atoms with Crippen LogP contribution >= 0.6 is 15.9 Å². The van der Waals surface area contributed by atoms with E-state index < -0.39 is 0 Å². The quantitative estimate of drug-likeness (QED) is 0.679. The fraction of sp³-hybridized carbons (Fsp3) is 0.600. The number of ether oxygens (including phenoxy) is 2. The summed E-state index contributed by atoms with van der Waals surface area (Å²) in [6, 6.07) is 7.09. The molecule has 3 rings (SSSR count). The summed E-state index contributed by atoms with van der Waals surface area (Å²) in [7, 11) is 3.61. The second-order valence-corrected chi connectivity index (χ2v) is 8.15. The zero-order valence-corrected chi connectivity index (χ0v) is 17.1. The molecule has 0 spiro atoms. The predicted molar refractivity (Wildman–Crippen MR) is 102 cm³/mol. The van der Waals surface area contributed by atoms with Gasteiger partial charge in [0.15, 0.2) is 0 Å².